The SMILES string of the molecule is Cc1cc(C)n(CCCNC(=O)NCc2cccc3c2OCO3)n1. The lowest BCUT2D eigenvalue weighted by Gasteiger charge is -2.10. The van der Waals surface area contributed by atoms with E-state index in [0.717, 1.165) is 35.7 Å². The lowest BCUT2D eigenvalue weighted by molar-refractivity contribution is 0.173. The van der Waals surface area contributed by atoms with Crippen LogP contribution < -0.4 is 20.1 Å². The first-order valence-corrected chi connectivity index (χ1v) is 8.04. The Bertz CT molecular complexity index is 727. The summed E-state index contributed by atoms with van der Waals surface area (Å²) in [5.74, 6) is 1.43. The third kappa shape index (κ3) is 3.79. The van der Waals surface area contributed by atoms with Crippen LogP contribution in [0.25, 0.3) is 0 Å². The van der Waals surface area contributed by atoms with E-state index >= 15 is 0 Å². The van der Waals surface area contributed by atoms with Crippen LogP contribution in [0, 0.1) is 13.8 Å². The molecule has 24 heavy (non-hydrogen) atoms. The average Bonchev–Trinajstić information content (AvgIpc) is 3.16. The summed E-state index contributed by atoms with van der Waals surface area (Å²) in [6, 6.07) is 7.50. The van der Waals surface area contributed by atoms with Crippen LogP contribution in [0.5, 0.6) is 11.5 Å². The number of carbonyl (C=O) groups is 1. The fourth-order valence-electron chi connectivity index (χ4n) is 2.70. The Hall–Kier alpha value is -2.70. The molecule has 1 aromatic heterocycles. The number of ether oxygens (including phenoxy) is 2. The summed E-state index contributed by atoms with van der Waals surface area (Å²) in [6.45, 7) is 6.02. The van der Waals surface area contributed by atoms with Crippen molar-refractivity contribution in [3.05, 3.63) is 41.2 Å². The van der Waals surface area contributed by atoms with E-state index in [0.29, 0.717) is 18.8 Å². The Kier molecular flexibility index (Phi) is 4.88. The molecule has 0 saturated heterocycles. The zero-order valence-corrected chi connectivity index (χ0v) is 14.0. The van der Waals surface area contributed by atoms with Gasteiger partial charge >= 0.3 is 6.03 Å². The molecule has 2 aromatic rings. The third-order valence-corrected chi connectivity index (χ3v) is 3.85. The number of nitrogens with one attached hydrogen (secondary N) is 2. The Balaban J connectivity index is 1.39. The van der Waals surface area contributed by atoms with Gasteiger partial charge in [-0.3, -0.25) is 4.68 Å². The van der Waals surface area contributed by atoms with Crippen LogP contribution in [0.4, 0.5) is 4.79 Å². The number of urea groups is 1. The van der Waals surface area contributed by atoms with Gasteiger partial charge < -0.3 is 20.1 Å². The van der Waals surface area contributed by atoms with Gasteiger partial charge in [0.2, 0.25) is 6.79 Å². The quantitative estimate of drug-likeness (QED) is 0.795. The molecule has 0 unspecified atom stereocenters. The lowest BCUT2D eigenvalue weighted by Crippen LogP contribution is -2.35. The van der Waals surface area contributed by atoms with E-state index in [-0.39, 0.29) is 12.8 Å². The van der Waals surface area contributed by atoms with E-state index in [4.69, 9.17) is 9.47 Å². The minimum atomic E-state index is -0.195. The van der Waals surface area contributed by atoms with Crippen LogP contribution in [0.2, 0.25) is 0 Å². The molecule has 7 nitrogen and oxygen atoms in total. The zero-order chi connectivity index (χ0) is 16.9. The number of rotatable bonds is 6. The Morgan fingerprint density at radius 2 is 2.17 bits per heavy atom. The Labute approximate surface area is 140 Å². The van der Waals surface area contributed by atoms with Gasteiger partial charge in [-0.2, -0.15) is 5.10 Å². The number of hydrogen-bond acceptors (Lipinski definition) is 4. The number of benzene rings is 1. The average molecular weight is 330 g/mol. The van der Waals surface area contributed by atoms with Crippen LogP contribution in [0.3, 0.4) is 0 Å². The molecular weight excluding hydrogens is 308 g/mol. The molecule has 7 heteroatoms. The third-order valence-electron chi connectivity index (χ3n) is 3.85. The first-order valence-electron chi connectivity index (χ1n) is 8.04. The molecule has 0 spiro atoms. The van der Waals surface area contributed by atoms with E-state index in [9.17, 15) is 4.79 Å². The standard InChI is InChI=1S/C17H22N4O3/c1-12-9-13(2)21(20-12)8-4-7-18-17(22)19-10-14-5-3-6-15-16(14)24-11-23-15/h3,5-6,9H,4,7-8,10-11H2,1-2H3,(H2,18,19,22). The molecule has 0 saturated carbocycles. The molecule has 0 bridgehead atoms. The molecule has 0 radical (unpaired) electrons. The molecule has 2 N–H and O–H groups in total. The van der Waals surface area contributed by atoms with Crippen molar-refractivity contribution in [1.82, 2.24) is 20.4 Å². The predicted molar refractivity (Wildman–Crippen MR) is 89.1 cm³/mol. The Morgan fingerprint density at radius 1 is 1.29 bits per heavy atom. The van der Waals surface area contributed by atoms with Gasteiger partial charge in [-0.15, -0.1) is 0 Å². The van der Waals surface area contributed by atoms with Gasteiger partial charge in [-0.25, -0.2) is 4.79 Å². The molecule has 0 aliphatic carbocycles. The maximum atomic E-state index is 11.9. The molecule has 2 heterocycles. The van der Waals surface area contributed by atoms with Crippen LogP contribution in [0.15, 0.2) is 24.3 Å². The van der Waals surface area contributed by atoms with Gasteiger partial charge in [-0.1, -0.05) is 12.1 Å². The molecule has 128 valence electrons. The van der Waals surface area contributed by atoms with Crippen LogP contribution >= 0.6 is 0 Å². The monoisotopic (exact) mass is 330 g/mol. The number of fused-ring (bicyclic) bond motifs is 1. The van der Waals surface area contributed by atoms with Crippen LogP contribution in [-0.2, 0) is 13.1 Å². The largest absolute Gasteiger partial charge is 0.454 e. The minimum Gasteiger partial charge on any atom is -0.454 e. The molecule has 1 aromatic carbocycles. The number of para-hydroxylation sites is 1. The second-order valence-corrected chi connectivity index (χ2v) is 5.76. The van der Waals surface area contributed by atoms with E-state index in [1.165, 1.54) is 0 Å². The van der Waals surface area contributed by atoms with E-state index in [1.807, 2.05) is 42.8 Å². The van der Waals surface area contributed by atoms with Gasteiger partial charge in [-0.05, 0) is 32.4 Å². The topological polar surface area (TPSA) is 77.4 Å². The molecule has 0 atom stereocenters. The molecule has 0 fully saturated rings. The van der Waals surface area contributed by atoms with Crippen molar-refractivity contribution in [1.29, 1.82) is 0 Å². The van der Waals surface area contributed by atoms with Gasteiger partial charge in [0.25, 0.3) is 0 Å². The molecule has 2 amide bonds. The van der Waals surface area contributed by atoms with Crippen molar-refractivity contribution in [2.75, 3.05) is 13.3 Å². The normalized spacial score (nSPS) is 12.2. The highest BCUT2D eigenvalue weighted by atomic mass is 16.7. The van der Waals surface area contributed by atoms with E-state index in [2.05, 4.69) is 15.7 Å². The summed E-state index contributed by atoms with van der Waals surface area (Å²) in [7, 11) is 0. The number of amides is 2. The van der Waals surface area contributed by atoms with Gasteiger partial charge in [0.05, 0.1) is 5.69 Å². The first-order chi connectivity index (χ1) is 11.6. The number of hydrogen-bond donors (Lipinski definition) is 2. The fourth-order valence-corrected chi connectivity index (χ4v) is 2.70. The van der Waals surface area contributed by atoms with Gasteiger partial charge in [0.15, 0.2) is 11.5 Å². The zero-order valence-electron chi connectivity index (χ0n) is 14.0. The van der Waals surface area contributed by atoms with Crippen molar-refractivity contribution in [2.24, 2.45) is 0 Å². The predicted octanol–water partition coefficient (Wildman–Crippen LogP) is 2.12. The summed E-state index contributed by atoms with van der Waals surface area (Å²) in [4.78, 5) is 11.9. The fraction of sp³-hybridized carbons (Fsp3) is 0.412. The number of aromatic nitrogens is 2. The maximum Gasteiger partial charge on any atom is 0.315 e. The van der Waals surface area contributed by atoms with Gasteiger partial charge in [0, 0.05) is 30.9 Å². The highest BCUT2D eigenvalue weighted by Crippen LogP contribution is 2.35. The number of carbonyl (C=O) groups excluding carboxylic acids is 1. The molecule has 3 rings (SSSR count). The summed E-state index contributed by atoms with van der Waals surface area (Å²) in [5.41, 5.74) is 3.06. The van der Waals surface area contributed by atoms with Crippen molar-refractivity contribution in [3.8, 4) is 11.5 Å². The van der Waals surface area contributed by atoms with Gasteiger partial charge in [0.1, 0.15) is 0 Å². The minimum absolute atomic E-state index is 0.195. The molecule has 1 aliphatic heterocycles. The van der Waals surface area contributed by atoms with Crippen molar-refractivity contribution >= 4 is 6.03 Å². The van der Waals surface area contributed by atoms with Crippen molar-refractivity contribution in [2.45, 2.75) is 33.4 Å². The van der Waals surface area contributed by atoms with Crippen molar-refractivity contribution in [3.63, 3.8) is 0 Å². The summed E-state index contributed by atoms with van der Waals surface area (Å²) in [5, 5.41) is 10.1. The number of nitrogens with zero attached hydrogens (tertiary/aromatic N) is 2. The van der Waals surface area contributed by atoms with E-state index < -0.39 is 0 Å². The van der Waals surface area contributed by atoms with Crippen LogP contribution in [0.1, 0.15) is 23.4 Å². The number of aryl methyl sites for hydroxylation is 3. The first kappa shape index (κ1) is 16.2. The summed E-state index contributed by atoms with van der Waals surface area (Å²) >= 11 is 0. The molecular formula is C17H22N4O3. The van der Waals surface area contributed by atoms with Crippen molar-refractivity contribution < 1.29 is 14.3 Å². The maximum absolute atomic E-state index is 11.9. The Morgan fingerprint density at radius 3 is 2.96 bits per heavy atom. The van der Waals surface area contributed by atoms with E-state index in [1.54, 1.807) is 0 Å². The summed E-state index contributed by atoms with van der Waals surface area (Å²) in [6.07, 6.45) is 0.826. The highest BCUT2D eigenvalue weighted by Gasteiger charge is 2.17. The van der Waals surface area contributed by atoms with Crippen LogP contribution in [-0.4, -0.2) is 29.1 Å². The second kappa shape index (κ2) is 7.25. The smallest absolute Gasteiger partial charge is 0.315 e. The lowest BCUT2D eigenvalue weighted by atomic mass is 10.2. The second-order valence-electron chi connectivity index (χ2n) is 5.76. The molecule has 1 aliphatic rings. The summed E-state index contributed by atoms with van der Waals surface area (Å²) < 4.78 is 12.7. The highest BCUT2D eigenvalue weighted by molar-refractivity contribution is 5.73.